The van der Waals surface area contributed by atoms with Gasteiger partial charge in [-0.05, 0) is 49.8 Å². The summed E-state index contributed by atoms with van der Waals surface area (Å²) in [5.41, 5.74) is 7.05. The molecule has 25 heavy (non-hydrogen) atoms. The van der Waals surface area contributed by atoms with Crippen molar-refractivity contribution in [2.75, 3.05) is 5.32 Å². The normalized spacial score (nSPS) is 17.4. The van der Waals surface area contributed by atoms with E-state index < -0.39 is 12.0 Å². The highest BCUT2D eigenvalue weighted by Crippen LogP contribution is 2.39. The fraction of sp³-hybridized carbons (Fsp3) is 0.368. The zero-order chi connectivity index (χ0) is 18.0. The molecular formula is C19H22N2O3S. The molecule has 3 rings (SSSR count). The van der Waals surface area contributed by atoms with Crippen LogP contribution in [-0.2, 0) is 17.6 Å². The van der Waals surface area contributed by atoms with Gasteiger partial charge in [-0.2, -0.15) is 0 Å². The van der Waals surface area contributed by atoms with Crippen molar-refractivity contribution in [2.45, 2.75) is 39.2 Å². The Kier molecular flexibility index (Phi) is 5.08. The summed E-state index contributed by atoms with van der Waals surface area (Å²) in [6, 6.07) is 9.17. The lowest BCUT2D eigenvalue weighted by Gasteiger charge is -2.18. The molecule has 1 aliphatic rings. The van der Waals surface area contributed by atoms with E-state index in [0.717, 1.165) is 29.7 Å². The van der Waals surface area contributed by atoms with E-state index in [-0.39, 0.29) is 5.91 Å². The summed E-state index contributed by atoms with van der Waals surface area (Å²) in [7, 11) is 0. The largest absolute Gasteiger partial charge is 0.481 e. The molecule has 0 fully saturated rings. The van der Waals surface area contributed by atoms with Crippen LogP contribution < -0.4 is 15.8 Å². The highest BCUT2D eigenvalue weighted by atomic mass is 32.1. The lowest BCUT2D eigenvalue weighted by Crippen LogP contribution is -2.30. The smallest absolute Gasteiger partial charge is 0.265 e. The standard InChI is InChI=1S/C19H22N2O3S/c1-11-8-9-14-15(10-11)25-19(16(14)17(20)22)21-18(23)12(2)24-13-6-4-3-5-7-13/h3-7,11-12H,8-10H2,1-2H3,(H2,20,22)(H,21,23)/t11-,12-/m1/s1. The summed E-state index contributed by atoms with van der Waals surface area (Å²) in [5, 5.41) is 3.38. The molecule has 2 amide bonds. The fourth-order valence-corrected chi connectivity index (χ4v) is 4.49. The van der Waals surface area contributed by atoms with Crippen LogP contribution in [0.3, 0.4) is 0 Å². The Bertz CT molecular complexity index is 785. The quantitative estimate of drug-likeness (QED) is 0.860. The molecule has 0 radical (unpaired) electrons. The third kappa shape index (κ3) is 3.85. The van der Waals surface area contributed by atoms with Crippen LogP contribution in [0.15, 0.2) is 30.3 Å². The predicted molar refractivity (Wildman–Crippen MR) is 99.2 cm³/mol. The van der Waals surface area contributed by atoms with Crippen LogP contribution in [0.25, 0.3) is 0 Å². The maximum absolute atomic E-state index is 12.5. The van der Waals surface area contributed by atoms with Crippen molar-refractivity contribution in [1.82, 2.24) is 0 Å². The Hall–Kier alpha value is -2.34. The molecule has 5 nitrogen and oxygen atoms in total. The molecule has 1 aromatic heterocycles. The zero-order valence-electron chi connectivity index (χ0n) is 14.4. The van der Waals surface area contributed by atoms with Gasteiger partial charge in [0.1, 0.15) is 10.8 Å². The number of thiophene rings is 1. The summed E-state index contributed by atoms with van der Waals surface area (Å²) < 4.78 is 5.64. The number of anilines is 1. The van der Waals surface area contributed by atoms with E-state index in [1.165, 1.54) is 11.3 Å². The van der Waals surface area contributed by atoms with Gasteiger partial charge in [0.05, 0.1) is 5.56 Å². The highest BCUT2D eigenvalue weighted by molar-refractivity contribution is 7.17. The van der Waals surface area contributed by atoms with Crippen molar-refractivity contribution in [3.05, 3.63) is 46.3 Å². The van der Waals surface area contributed by atoms with Crippen molar-refractivity contribution in [2.24, 2.45) is 11.7 Å². The van der Waals surface area contributed by atoms with Gasteiger partial charge in [-0.15, -0.1) is 11.3 Å². The Morgan fingerprint density at radius 1 is 1.32 bits per heavy atom. The lowest BCUT2D eigenvalue weighted by molar-refractivity contribution is -0.122. The van der Waals surface area contributed by atoms with E-state index >= 15 is 0 Å². The number of hydrogen-bond acceptors (Lipinski definition) is 4. The van der Waals surface area contributed by atoms with E-state index in [2.05, 4.69) is 12.2 Å². The first kappa shape index (κ1) is 17.5. The molecule has 1 heterocycles. The van der Waals surface area contributed by atoms with E-state index in [0.29, 0.717) is 22.2 Å². The number of para-hydroxylation sites is 1. The van der Waals surface area contributed by atoms with Crippen LogP contribution in [0.1, 0.15) is 41.1 Å². The van der Waals surface area contributed by atoms with E-state index in [1.54, 1.807) is 19.1 Å². The number of rotatable bonds is 5. The second-order valence-electron chi connectivity index (χ2n) is 6.48. The highest BCUT2D eigenvalue weighted by Gasteiger charge is 2.28. The van der Waals surface area contributed by atoms with Gasteiger partial charge in [0.25, 0.3) is 11.8 Å². The van der Waals surface area contributed by atoms with Gasteiger partial charge in [-0.25, -0.2) is 0 Å². The molecule has 132 valence electrons. The molecule has 0 saturated carbocycles. The Balaban J connectivity index is 1.78. The van der Waals surface area contributed by atoms with Crippen LogP contribution in [0, 0.1) is 5.92 Å². The number of carbonyl (C=O) groups excluding carboxylic acids is 2. The van der Waals surface area contributed by atoms with Crippen LogP contribution >= 0.6 is 11.3 Å². The molecule has 0 saturated heterocycles. The molecule has 1 aliphatic carbocycles. The summed E-state index contributed by atoms with van der Waals surface area (Å²) in [4.78, 5) is 25.6. The average Bonchev–Trinajstić information content (AvgIpc) is 2.92. The first-order chi connectivity index (χ1) is 12.0. The monoisotopic (exact) mass is 358 g/mol. The maximum Gasteiger partial charge on any atom is 0.265 e. The van der Waals surface area contributed by atoms with Crippen LogP contribution in [-0.4, -0.2) is 17.9 Å². The molecule has 0 spiro atoms. The summed E-state index contributed by atoms with van der Waals surface area (Å²) in [6.07, 6.45) is 2.11. The molecular weight excluding hydrogens is 336 g/mol. The molecule has 0 bridgehead atoms. The number of primary amides is 1. The third-order valence-corrected chi connectivity index (χ3v) is 5.59. The maximum atomic E-state index is 12.5. The van der Waals surface area contributed by atoms with Crippen LogP contribution in [0.2, 0.25) is 0 Å². The first-order valence-corrected chi connectivity index (χ1v) is 9.24. The minimum atomic E-state index is -0.679. The Morgan fingerprint density at radius 3 is 2.72 bits per heavy atom. The number of nitrogens with one attached hydrogen (secondary N) is 1. The van der Waals surface area contributed by atoms with Gasteiger partial charge in [-0.3, -0.25) is 9.59 Å². The van der Waals surface area contributed by atoms with Crippen molar-refractivity contribution in [3.63, 3.8) is 0 Å². The zero-order valence-corrected chi connectivity index (χ0v) is 15.2. The van der Waals surface area contributed by atoms with Gasteiger partial charge in [0, 0.05) is 4.88 Å². The second-order valence-corrected chi connectivity index (χ2v) is 7.59. The topological polar surface area (TPSA) is 81.4 Å². The first-order valence-electron chi connectivity index (χ1n) is 8.42. The summed E-state index contributed by atoms with van der Waals surface area (Å²) in [6.45, 7) is 3.88. The molecule has 0 aliphatic heterocycles. The van der Waals surface area contributed by atoms with Crippen molar-refractivity contribution >= 4 is 28.2 Å². The van der Waals surface area contributed by atoms with Gasteiger partial charge < -0.3 is 15.8 Å². The van der Waals surface area contributed by atoms with Gasteiger partial charge >= 0.3 is 0 Å². The number of nitrogens with two attached hydrogens (primary N) is 1. The lowest BCUT2D eigenvalue weighted by atomic mass is 9.88. The fourth-order valence-electron chi connectivity index (χ4n) is 3.07. The number of ether oxygens (including phenoxy) is 1. The SMILES string of the molecule is C[C@@H]1CCc2c(sc(NC(=O)[C@@H](C)Oc3ccccc3)c2C(N)=O)C1. The average molecular weight is 358 g/mol. The van der Waals surface area contributed by atoms with Gasteiger partial charge in [0.15, 0.2) is 6.10 Å². The van der Waals surface area contributed by atoms with Crippen molar-refractivity contribution < 1.29 is 14.3 Å². The van der Waals surface area contributed by atoms with Crippen LogP contribution in [0.5, 0.6) is 5.75 Å². The molecule has 1 aromatic carbocycles. The van der Waals surface area contributed by atoms with Gasteiger partial charge in [0.2, 0.25) is 0 Å². The molecule has 0 unspecified atom stereocenters. The predicted octanol–water partition coefficient (Wildman–Crippen LogP) is 3.38. The second kappa shape index (κ2) is 7.27. The third-order valence-electron chi connectivity index (χ3n) is 4.42. The molecule has 2 aromatic rings. The molecule has 6 heteroatoms. The number of amides is 2. The minimum absolute atomic E-state index is 0.294. The van der Waals surface area contributed by atoms with Gasteiger partial charge in [-0.1, -0.05) is 25.1 Å². The van der Waals surface area contributed by atoms with E-state index in [1.807, 2.05) is 18.2 Å². The van der Waals surface area contributed by atoms with Crippen molar-refractivity contribution in [1.29, 1.82) is 0 Å². The number of carbonyl (C=O) groups is 2. The Labute approximate surface area is 151 Å². The summed E-state index contributed by atoms with van der Waals surface area (Å²) in [5.74, 6) is 0.423. The molecule has 3 N–H and O–H groups in total. The van der Waals surface area contributed by atoms with E-state index in [4.69, 9.17) is 10.5 Å². The summed E-state index contributed by atoms with van der Waals surface area (Å²) >= 11 is 1.46. The van der Waals surface area contributed by atoms with E-state index in [9.17, 15) is 9.59 Å². The number of fused-ring (bicyclic) bond motifs is 1. The molecule has 2 atom stereocenters. The number of hydrogen-bond donors (Lipinski definition) is 2. The number of benzene rings is 1. The minimum Gasteiger partial charge on any atom is -0.481 e. The van der Waals surface area contributed by atoms with Crippen LogP contribution in [0.4, 0.5) is 5.00 Å². The van der Waals surface area contributed by atoms with Crippen molar-refractivity contribution in [3.8, 4) is 5.75 Å². The Morgan fingerprint density at radius 2 is 2.04 bits per heavy atom.